The van der Waals surface area contributed by atoms with Crippen LogP contribution < -0.4 is 5.32 Å². The minimum atomic E-state index is 0.303. The van der Waals surface area contributed by atoms with Crippen molar-refractivity contribution < 1.29 is 0 Å². The number of rotatable bonds is 6. The highest BCUT2D eigenvalue weighted by Gasteiger charge is 2.45. The van der Waals surface area contributed by atoms with E-state index in [1.807, 2.05) is 11.3 Å². The Labute approximate surface area is 126 Å². The third-order valence-electron chi connectivity index (χ3n) is 4.62. The van der Waals surface area contributed by atoms with E-state index in [9.17, 15) is 0 Å². The molecular weight excluding hydrogens is 262 g/mol. The summed E-state index contributed by atoms with van der Waals surface area (Å²) in [5.41, 5.74) is 3.27. The zero-order valence-corrected chi connectivity index (χ0v) is 13.0. The Morgan fingerprint density at radius 2 is 2.00 bits per heavy atom. The second kappa shape index (κ2) is 6.11. The van der Waals surface area contributed by atoms with E-state index in [4.69, 9.17) is 0 Å². The van der Waals surface area contributed by atoms with E-state index in [1.54, 1.807) is 0 Å². The van der Waals surface area contributed by atoms with Crippen molar-refractivity contribution >= 4 is 11.3 Å². The van der Waals surface area contributed by atoms with E-state index in [0.29, 0.717) is 11.5 Å². The monoisotopic (exact) mass is 285 g/mol. The maximum atomic E-state index is 3.82. The second-order valence-electron chi connectivity index (χ2n) is 5.82. The third kappa shape index (κ3) is 2.43. The van der Waals surface area contributed by atoms with Crippen molar-refractivity contribution in [1.29, 1.82) is 0 Å². The summed E-state index contributed by atoms with van der Waals surface area (Å²) < 4.78 is 0. The molecule has 2 aromatic rings. The van der Waals surface area contributed by atoms with Crippen molar-refractivity contribution in [2.75, 3.05) is 6.54 Å². The second-order valence-corrected chi connectivity index (χ2v) is 6.60. The molecule has 0 spiro atoms. The quantitative estimate of drug-likeness (QED) is 0.795. The summed E-state index contributed by atoms with van der Waals surface area (Å²) in [5, 5.41) is 8.34. The van der Waals surface area contributed by atoms with Gasteiger partial charge in [-0.3, -0.25) is 0 Å². The topological polar surface area (TPSA) is 12.0 Å². The van der Waals surface area contributed by atoms with Crippen molar-refractivity contribution in [2.24, 2.45) is 0 Å². The molecule has 1 saturated carbocycles. The van der Waals surface area contributed by atoms with Gasteiger partial charge in [-0.2, -0.15) is 11.3 Å². The van der Waals surface area contributed by atoms with Crippen LogP contribution in [-0.2, 0) is 5.41 Å². The molecule has 2 heteroatoms. The normalized spacial score (nSPS) is 18.4. The van der Waals surface area contributed by atoms with Crippen molar-refractivity contribution in [3.8, 4) is 0 Å². The lowest BCUT2D eigenvalue weighted by atomic mass is 9.59. The van der Waals surface area contributed by atoms with Crippen LogP contribution in [0.2, 0.25) is 0 Å². The molecule has 1 N–H and O–H groups in total. The summed E-state index contributed by atoms with van der Waals surface area (Å²) >= 11 is 1.81. The molecule has 106 valence electrons. The minimum Gasteiger partial charge on any atom is -0.309 e. The van der Waals surface area contributed by atoms with Crippen LogP contribution in [0.3, 0.4) is 0 Å². The molecule has 0 saturated heterocycles. The van der Waals surface area contributed by atoms with Crippen molar-refractivity contribution in [1.82, 2.24) is 5.32 Å². The zero-order chi connectivity index (χ0) is 13.8. The van der Waals surface area contributed by atoms with Gasteiger partial charge in [0.15, 0.2) is 0 Å². The molecule has 0 radical (unpaired) electrons. The summed E-state index contributed by atoms with van der Waals surface area (Å²) in [6, 6.07) is 13.9. The van der Waals surface area contributed by atoms with Gasteiger partial charge in [-0.05, 0) is 53.8 Å². The molecule has 1 aromatic heterocycles. The van der Waals surface area contributed by atoms with Crippen molar-refractivity contribution in [3.05, 3.63) is 58.3 Å². The van der Waals surface area contributed by atoms with Gasteiger partial charge in [0, 0.05) is 11.5 Å². The SMILES string of the molecule is CCCNC(c1ccsc1)C1(c2ccccc2)CCC1. The van der Waals surface area contributed by atoms with E-state index in [2.05, 4.69) is 59.4 Å². The van der Waals surface area contributed by atoms with Crippen LogP contribution in [0.1, 0.15) is 49.8 Å². The van der Waals surface area contributed by atoms with E-state index < -0.39 is 0 Å². The first-order valence-electron chi connectivity index (χ1n) is 7.68. The van der Waals surface area contributed by atoms with Crippen molar-refractivity contribution in [2.45, 2.75) is 44.1 Å². The molecule has 20 heavy (non-hydrogen) atoms. The summed E-state index contributed by atoms with van der Waals surface area (Å²) in [4.78, 5) is 0. The lowest BCUT2D eigenvalue weighted by Gasteiger charge is -2.48. The molecule has 1 aromatic carbocycles. The van der Waals surface area contributed by atoms with Crippen LogP contribution in [0, 0.1) is 0 Å². The van der Waals surface area contributed by atoms with Gasteiger partial charge < -0.3 is 5.32 Å². The first-order valence-corrected chi connectivity index (χ1v) is 8.62. The first-order chi connectivity index (χ1) is 9.87. The third-order valence-corrected chi connectivity index (χ3v) is 5.32. The Kier molecular flexibility index (Phi) is 4.23. The number of nitrogens with one attached hydrogen (secondary N) is 1. The van der Waals surface area contributed by atoms with Crippen LogP contribution in [0.25, 0.3) is 0 Å². The summed E-state index contributed by atoms with van der Waals surface area (Å²) in [6.45, 7) is 3.34. The maximum absolute atomic E-state index is 3.82. The number of thiophene rings is 1. The van der Waals surface area contributed by atoms with Gasteiger partial charge in [-0.25, -0.2) is 0 Å². The Hall–Kier alpha value is -1.12. The van der Waals surface area contributed by atoms with Gasteiger partial charge in [0.05, 0.1) is 0 Å². The standard InChI is InChI=1S/C18H23NS/c1-2-12-19-17(15-9-13-20-14-15)18(10-6-11-18)16-7-4-3-5-8-16/h3-5,7-9,13-14,17,19H,2,6,10-12H2,1H3. The van der Waals surface area contributed by atoms with Crippen LogP contribution in [0.15, 0.2) is 47.2 Å². The summed E-state index contributed by atoms with van der Waals surface area (Å²) in [7, 11) is 0. The molecule has 3 rings (SSSR count). The predicted molar refractivity (Wildman–Crippen MR) is 87.3 cm³/mol. The van der Waals surface area contributed by atoms with Gasteiger partial charge in [0.2, 0.25) is 0 Å². The molecule has 1 fully saturated rings. The Morgan fingerprint density at radius 3 is 2.55 bits per heavy atom. The van der Waals surface area contributed by atoms with Gasteiger partial charge >= 0.3 is 0 Å². The fourth-order valence-electron chi connectivity index (χ4n) is 3.43. The number of hydrogen-bond acceptors (Lipinski definition) is 2. The Morgan fingerprint density at radius 1 is 1.20 bits per heavy atom. The van der Waals surface area contributed by atoms with E-state index in [-0.39, 0.29) is 0 Å². The average Bonchev–Trinajstić information content (AvgIpc) is 2.96. The largest absolute Gasteiger partial charge is 0.309 e. The van der Waals surface area contributed by atoms with Crippen LogP contribution in [0.4, 0.5) is 0 Å². The Balaban J connectivity index is 1.95. The highest BCUT2D eigenvalue weighted by molar-refractivity contribution is 7.08. The molecular formula is C18H23NS. The van der Waals surface area contributed by atoms with Crippen LogP contribution >= 0.6 is 11.3 Å². The van der Waals surface area contributed by atoms with E-state index in [0.717, 1.165) is 6.54 Å². The van der Waals surface area contributed by atoms with Crippen LogP contribution in [-0.4, -0.2) is 6.54 Å². The molecule has 1 heterocycles. The fraction of sp³-hybridized carbons (Fsp3) is 0.444. The lowest BCUT2D eigenvalue weighted by Crippen LogP contribution is -2.46. The predicted octanol–water partition coefficient (Wildman–Crippen LogP) is 4.91. The summed E-state index contributed by atoms with van der Waals surface area (Å²) in [5.74, 6) is 0. The maximum Gasteiger partial charge on any atom is 0.0426 e. The molecule has 1 atom stereocenters. The summed E-state index contributed by atoms with van der Waals surface area (Å²) in [6.07, 6.45) is 5.14. The molecule has 0 aliphatic heterocycles. The average molecular weight is 285 g/mol. The molecule has 0 bridgehead atoms. The fourth-order valence-corrected chi connectivity index (χ4v) is 4.12. The molecule has 1 nitrogen and oxygen atoms in total. The highest BCUT2D eigenvalue weighted by Crippen LogP contribution is 2.52. The Bertz CT molecular complexity index is 514. The van der Waals surface area contributed by atoms with Crippen molar-refractivity contribution in [3.63, 3.8) is 0 Å². The molecule has 1 aliphatic rings. The molecule has 1 unspecified atom stereocenters. The highest BCUT2D eigenvalue weighted by atomic mass is 32.1. The number of benzene rings is 1. The lowest BCUT2D eigenvalue weighted by molar-refractivity contribution is 0.170. The number of hydrogen-bond donors (Lipinski definition) is 1. The van der Waals surface area contributed by atoms with E-state index >= 15 is 0 Å². The molecule has 1 aliphatic carbocycles. The first kappa shape index (κ1) is 13.8. The van der Waals surface area contributed by atoms with Gasteiger partial charge in [0.1, 0.15) is 0 Å². The van der Waals surface area contributed by atoms with E-state index in [1.165, 1.54) is 36.8 Å². The van der Waals surface area contributed by atoms with Gasteiger partial charge in [-0.1, -0.05) is 43.7 Å². The van der Waals surface area contributed by atoms with Gasteiger partial charge in [0.25, 0.3) is 0 Å². The smallest absolute Gasteiger partial charge is 0.0426 e. The van der Waals surface area contributed by atoms with Crippen LogP contribution in [0.5, 0.6) is 0 Å². The zero-order valence-electron chi connectivity index (χ0n) is 12.1. The minimum absolute atomic E-state index is 0.303. The van der Waals surface area contributed by atoms with Gasteiger partial charge in [-0.15, -0.1) is 0 Å². The molecule has 0 amide bonds.